The fourth-order valence-corrected chi connectivity index (χ4v) is 4.60. The molecule has 3 rings (SSSR count). The van der Waals surface area contributed by atoms with Crippen molar-refractivity contribution in [2.45, 2.75) is 11.8 Å². The van der Waals surface area contributed by atoms with Crippen LogP contribution in [0.25, 0.3) is 0 Å². The number of rotatable bonds is 9. The van der Waals surface area contributed by atoms with Crippen LogP contribution in [0.2, 0.25) is 10.0 Å². The standard InChI is InChI=1S/C23H22Cl2N2O4S/c1-17-6-10-19(11-7-17)27(32(29,30)20-12-8-18(24)9-13-20)16-23(28)26-14-15-31-22-5-3-2-4-21(22)25/h2-13H,14-16H2,1H3,(H,26,28). The Hall–Kier alpha value is -2.74. The van der Waals surface area contributed by atoms with Gasteiger partial charge in [-0.05, 0) is 55.5 Å². The van der Waals surface area contributed by atoms with Crippen LogP contribution in [0.4, 0.5) is 5.69 Å². The Morgan fingerprint density at radius 3 is 2.28 bits per heavy atom. The molecule has 168 valence electrons. The largest absolute Gasteiger partial charge is 0.490 e. The zero-order chi connectivity index (χ0) is 23.1. The molecule has 3 aromatic rings. The van der Waals surface area contributed by atoms with Gasteiger partial charge < -0.3 is 10.1 Å². The van der Waals surface area contributed by atoms with E-state index >= 15 is 0 Å². The number of hydrogen-bond acceptors (Lipinski definition) is 4. The zero-order valence-corrected chi connectivity index (χ0v) is 19.6. The molecule has 0 aliphatic carbocycles. The van der Waals surface area contributed by atoms with Gasteiger partial charge in [0.2, 0.25) is 5.91 Å². The Morgan fingerprint density at radius 2 is 1.62 bits per heavy atom. The van der Waals surface area contributed by atoms with Gasteiger partial charge in [0.25, 0.3) is 10.0 Å². The van der Waals surface area contributed by atoms with Crippen molar-refractivity contribution in [2.75, 3.05) is 24.0 Å². The van der Waals surface area contributed by atoms with Crippen LogP contribution in [0.5, 0.6) is 5.75 Å². The van der Waals surface area contributed by atoms with E-state index in [1.165, 1.54) is 24.3 Å². The van der Waals surface area contributed by atoms with E-state index in [0.717, 1.165) is 9.87 Å². The third-order valence-electron chi connectivity index (χ3n) is 4.53. The highest BCUT2D eigenvalue weighted by Gasteiger charge is 2.27. The number of anilines is 1. The van der Waals surface area contributed by atoms with Gasteiger partial charge in [-0.3, -0.25) is 9.10 Å². The highest BCUT2D eigenvalue weighted by Crippen LogP contribution is 2.25. The van der Waals surface area contributed by atoms with Crippen molar-refractivity contribution in [2.24, 2.45) is 0 Å². The van der Waals surface area contributed by atoms with E-state index < -0.39 is 15.9 Å². The van der Waals surface area contributed by atoms with Gasteiger partial charge in [-0.2, -0.15) is 0 Å². The van der Waals surface area contributed by atoms with Gasteiger partial charge in [-0.15, -0.1) is 0 Å². The lowest BCUT2D eigenvalue weighted by Gasteiger charge is -2.24. The summed E-state index contributed by atoms with van der Waals surface area (Å²) in [4.78, 5) is 12.6. The van der Waals surface area contributed by atoms with E-state index in [1.807, 2.05) is 6.92 Å². The molecule has 9 heteroatoms. The van der Waals surface area contributed by atoms with Crippen molar-refractivity contribution < 1.29 is 17.9 Å². The predicted octanol–water partition coefficient (Wildman–Crippen LogP) is 4.69. The molecule has 0 radical (unpaired) electrons. The highest BCUT2D eigenvalue weighted by atomic mass is 35.5. The number of ether oxygens (including phenoxy) is 1. The third kappa shape index (κ3) is 6.16. The molecule has 3 aromatic carbocycles. The quantitative estimate of drug-likeness (QED) is 0.439. The van der Waals surface area contributed by atoms with E-state index in [2.05, 4.69) is 5.32 Å². The number of halogens is 2. The maximum Gasteiger partial charge on any atom is 0.264 e. The summed E-state index contributed by atoms with van der Waals surface area (Å²) >= 11 is 11.9. The summed E-state index contributed by atoms with van der Waals surface area (Å²) in [5.41, 5.74) is 1.35. The molecule has 0 unspecified atom stereocenters. The number of amides is 1. The van der Waals surface area contributed by atoms with Crippen LogP contribution in [-0.2, 0) is 14.8 Å². The number of sulfonamides is 1. The molecule has 32 heavy (non-hydrogen) atoms. The average Bonchev–Trinajstić information content (AvgIpc) is 2.77. The summed E-state index contributed by atoms with van der Waals surface area (Å²) in [6.07, 6.45) is 0. The van der Waals surface area contributed by atoms with Crippen LogP contribution in [0, 0.1) is 6.92 Å². The topological polar surface area (TPSA) is 75.7 Å². The van der Waals surface area contributed by atoms with Crippen molar-refractivity contribution >= 4 is 44.8 Å². The smallest absolute Gasteiger partial charge is 0.264 e. The molecular weight excluding hydrogens is 471 g/mol. The lowest BCUT2D eigenvalue weighted by molar-refractivity contribution is -0.119. The molecule has 6 nitrogen and oxygen atoms in total. The first kappa shape index (κ1) is 23.9. The SMILES string of the molecule is Cc1ccc(N(CC(=O)NCCOc2ccccc2Cl)S(=O)(=O)c2ccc(Cl)cc2)cc1. The summed E-state index contributed by atoms with van der Waals surface area (Å²) in [6, 6.07) is 19.7. The Balaban J connectivity index is 1.71. The van der Waals surface area contributed by atoms with E-state index in [0.29, 0.717) is 21.5 Å². The van der Waals surface area contributed by atoms with Gasteiger partial charge in [0.05, 0.1) is 22.2 Å². The Bertz CT molecular complexity index is 1170. The van der Waals surface area contributed by atoms with Crippen LogP contribution >= 0.6 is 23.2 Å². The summed E-state index contributed by atoms with van der Waals surface area (Å²) < 4.78 is 33.2. The predicted molar refractivity (Wildman–Crippen MR) is 127 cm³/mol. The van der Waals surface area contributed by atoms with Gasteiger partial charge in [-0.25, -0.2) is 8.42 Å². The van der Waals surface area contributed by atoms with Crippen LogP contribution in [0.3, 0.4) is 0 Å². The number of nitrogens with one attached hydrogen (secondary N) is 1. The molecule has 1 N–H and O–H groups in total. The van der Waals surface area contributed by atoms with Crippen molar-refractivity contribution in [1.29, 1.82) is 0 Å². The second-order valence-corrected chi connectivity index (χ2v) is 9.64. The summed E-state index contributed by atoms with van der Waals surface area (Å²) in [7, 11) is -3.99. The first-order valence-corrected chi connectivity index (χ1v) is 12.0. The second kappa shape index (κ2) is 10.7. The third-order valence-corrected chi connectivity index (χ3v) is 6.88. The molecule has 0 saturated heterocycles. The fourth-order valence-electron chi connectivity index (χ4n) is 2.86. The van der Waals surface area contributed by atoms with E-state index in [4.69, 9.17) is 27.9 Å². The first-order valence-electron chi connectivity index (χ1n) is 9.76. The van der Waals surface area contributed by atoms with Crippen LogP contribution in [-0.4, -0.2) is 34.0 Å². The maximum absolute atomic E-state index is 13.3. The minimum atomic E-state index is -3.99. The van der Waals surface area contributed by atoms with Crippen molar-refractivity contribution in [3.63, 3.8) is 0 Å². The van der Waals surface area contributed by atoms with Gasteiger partial charge in [0.1, 0.15) is 18.9 Å². The normalized spacial score (nSPS) is 11.1. The van der Waals surface area contributed by atoms with Crippen molar-refractivity contribution in [3.05, 3.63) is 88.4 Å². The molecule has 0 saturated carbocycles. The van der Waals surface area contributed by atoms with Gasteiger partial charge >= 0.3 is 0 Å². The fraction of sp³-hybridized carbons (Fsp3) is 0.174. The zero-order valence-electron chi connectivity index (χ0n) is 17.3. The lowest BCUT2D eigenvalue weighted by atomic mass is 10.2. The Morgan fingerprint density at radius 1 is 0.969 bits per heavy atom. The summed E-state index contributed by atoms with van der Waals surface area (Å²) in [5.74, 6) is 0.0425. The van der Waals surface area contributed by atoms with E-state index in [-0.39, 0.29) is 24.6 Å². The van der Waals surface area contributed by atoms with E-state index in [9.17, 15) is 13.2 Å². The summed E-state index contributed by atoms with van der Waals surface area (Å²) in [6.45, 7) is 1.88. The molecule has 0 aliphatic heterocycles. The molecule has 0 spiro atoms. The maximum atomic E-state index is 13.3. The van der Waals surface area contributed by atoms with Crippen molar-refractivity contribution in [3.8, 4) is 5.75 Å². The molecule has 0 fully saturated rings. The Kier molecular flexibility index (Phi) is 8.01. The molecule has 1 amide bonds. The first-order chi connectivity index (χ1) is 15.3. The summed E-state index contributed by atoms with van der Waals surface area (Å²) in [5, 5.41) is 3.57. The second-order valence-electron chi connectivity index (χ2n) is 6.93. The van der Waals surface area contributed by atoms with Crippen LogP contribution in [0.15, 0.2) is 77.7 Å². The number of nitrogens with zero attached hydrogens (tertiary/aromatic N) is 1. The van der Waals surface area contributed by atoms with E-state index in [1.54, 1.807) is 48.5 Å². The van der Waals surface area contributed by atoms with Gasteiger partial charge in [0.15, 0.2) is 0 Å². The molecule has 0 atom stereocenters. The number of hydrogen-bond donors (Lipinski definition) is 1. The minimum absolute atomic E-state index is 0.0392. The molecule has 0 heterocycles. The number of benzene rings is 3. The number of carbonyl (C=O) groups is 1. The lowest BCUT2D eigenvalue weighted by Crippen LogP contribution is -2.41. The molecule has 0 bridgehead atoms. The number of carbonyl (C=O) groups excluding carboxylic acids is 1. The molecule has 0 aromatic heterocycles. The molecule has 0 aliphatic rings. The van der Waals surface area contributed by atoms with Crippen LogP contribution < -0.4 is 14.4 Å². The van der Waals surface area contributed by atoms with Crippen LogP contribution in [0.1, 0.15) is 5.56 Å². The highest BCUT2D eigenvalue weighted by molar-refractivity contribution is 7.92. The minimum Gasteiger partial charge on any atom is -0.490 e. The van der Waals surface area contributed by atoms with Gasteiger partial charge in [-0.1, -0.05) is 53.0 Å². The number of aryl methyl sites for hydroxylation is 1. The van der Waals surface area contributed by atoms with Crippen molar-refractivity contribution in [1.82, 2.24) is 5.32 Å². The molecular formula is C23H22Cl2N2O4S. The average molecular weight is 493 g/mol. The monoisotopic (exact) mass is 492 g/mol. The number of para-hydroxylation sites is 1. The van der Waals surface area contributed by atoms with Gasteiger partial charge in [0, 0.05) is 5.02 Å². The Labute approximate surface area is 197 Å².